The van der Waals surface area contributed by atoms with Crippen molar-refractivity contribution in [2.24, 2.45) is 0 Å². The molecule has 1 heterocycles. The van der Waals surface area contributed by atoms with Crippen molar-refractivity contribution in [1.82, 2.24) is 9.88 Å². The summed E-state index contributed by atoms with van der Waals surface area (Å²) in [6.07, 6.45) is 3.07. The number of aromatic nitrogens is 1. The fourth-order valence-corrected chi connectivity index (χ4v) is 2.52. The summed E-state index contributed by atoms with van der Waals surface area (Å²) in [5, 5.41) is 0. The van der Waals surface area contributed by atoms with Gasteiger partial charge in [-0.1, -0.05) is 24.3 Å². The molecule has 1 aromatic heterocycles. The average molecular weight is 336 g/mol. The van der Waals surface area contributed by atoms with Gasteiger partial charge < -0.3 is 14.1 Å². The molecule has 3 rings (SSSR count). The van der Waals surface area contributed by atoms with E-state index in [4.69, 9.17) is 9.15 Å². The number of benzene rings is 2. The number of amides is 1. The van der Waals surface area contributed by atoms with Gasteiger partial charge in [-0.15, -0.1) is 0 Å². The lowest BCUT2D eigenvalue weighted by Crippen LogP contribution is -2.27. The summed E-state index contributed by atoms with van der Waals surface area (Å²) in [6, 6.07) is 15.1. The number of methoxy groups -OCH3 is 1. The molecule has 5 nitrogen and oxygen atoms in total. The smallest absolute Gasteiger partial charge is 0.246 e. The maximum atomic E-state index is 12.4. The number of carbonyl (C=O) groups is 1. The van der Waals surface area contributed by atoms with Crippen molar-refractivity contribution in [3.8, 4) is 5.75 Å². The van der Waals surface area contributed by atoms with Gasteiger partial charge >= 0.3 is 0 Å². The van der Waals surface area contributed by atoms with Crippen LogP contribution < -0.4 is 4.74 Å². The Morgan fingerprint density at radius 2 is 1.92 bits per heavy atom. The minimum Gasteiger partial charge on any atom is -0.497 e. The number of hydrogen-bond acceptors (Lipinski definition) is 4. The first-order chi connectivity index (χ1) is 12.1. The normalized spacial score (nSPS) is 12.4. The molecule has 0 aliphatic carbocycles. The zero-order chi connectivity index (χ0) is 17.8. The van der Waals surface area contributed by atoms with Gasteiger partial charge in [0.2, 0.25) is 11.8 Å². The minimum atomic E-state index is -0.120. The Labute approximate surface area is 146 Å². The molecular weight excluding hydrogens is 316 g/mol. The lowest BCUT2D eigenvalue weighted by atomic mass is 10.1. The Balaban J connectivity index is 1.70. The van der Waals surface area contributed by atoms with Gasteiger partial charge in [0.1, 0.15) is 11.3 Å². The number of ether oxygens (including phenoxy) is 1. The number of likely N-dealkylation sites (N-methyl/N-ethyl adjacent to an activating group) is 1. The molecule has 5 heteroatoms. The van der Waals surface area contributed by atoms with Crippen molar-refractivity contribution in [1.29, 1.82) is 0 Å². The van der Waals surface area contributed by atoms with E-state index in [9.17, 15) is 4.79 Å². The number of rotatable bonds is 5. The highest BCUT2D eigenvalue weighted by atomic mass is 16.5. The van der Waals surface area contributed by atoms with E-state index in [2.05, 4.69) is 4.98 Å². The number of nitrogens with zero attached hydrogens (tertiary/aromatic N) is 2. The van der Waals surface area contributed by atoms with Gasteiger partial charge in [0.25, 0.3) is 0 Å². The van der Waals surface area contributed by atoms with E-state index in [1.54, 1.807) is 25.1 Å². The van der Waals surface area contributed by atoms with Gasteiger partial charge in [-0.2, -0.15) is 0 Å². The van der Waals surface area contributed by atoms with E-state index in [1.165, 1.54) is 6.08 Å². The van der Waals surface area contributed by atoms with Gasteiger partial charge in [-0.3, -0.25) is 4.79 Å². The molecule has 1 unspecified atom stereocenters. The molecule has 0 aliphatic heterocycles. The first kappa shape index (κ1) is 16.8. The number of hydrogen-bond donors (Lipinski definition) is 0. The fourth-order valence-electron chi connectivity index (χ4n) is 2.52. The highest BCUT2D eigenvalue weighted by molar-refractivity contribution is 5.91. The van der Waals surface area contributed by atoms with Crippen LogP contribution in [0.5, 0.6) is 5.75 Å². The third kappa shape index (κ3) is 3.71. The molecule has 1 amide bonds. The van der Waals surface area contributed by atoms with Crippen LogP contribution in [0.3, 0.4) is 0 Å². The van der Waals surface area contributed by atoms with Crippen LogP contribution in [0.4, 0.5) is 0 Å². The van der Waals surface area contributed by atoms with E-state index in [0.29, 0.717) is 11.5 Å². The summed E-state index contributed by atoms with van der Waals surface area (Å²) >= 11 is 0. The molecule has 128 valence electrons. The first-order valence-corrected chi connectivity index (χ1v) is 8.03. The van der Waals surface area contributed by atoms with Crippen LogP contribution >= 0.6 is 0 Å². The van der Waals surface area contributed by atoms with Crippen LogP contribution in [0.2, 0.25) is 0 Å². The molecule has 0 radical (unpaired) electrons. The van der Waals surface area contributed by atoms with Crippen molar-refractivity contribution in [3.05, 3.63) is 66.1 Å². The third-order valence-electron chi connectivity index (χ3n) is 4.21. The van der Waals surface area contributed by atoms with Crippen molar-refractivity contribution < 1.29 is 13.9 Å². The molecule has 0 saturated carbocycles. The molecule has 0 spiro atoms. The number of carbonyl (C=O) groups excluding carboxylic acids is 1. The molecule has 0 saturated heterocycles. The van der Waals surface area contributed by atoms with Gasteiger partial charge in [-0.05, 0) is 36.8 Å². The van der Waals surface area contributed by atoms with E-state index in [0.717, 1.165) is 16.8 Å². The second-order valence-electron chi connectivity index (χ2n) is 5.75. The molecule has 0 N–H and O–H groups in total. The van der Waals surface area contributed by atoms with E-state index >= 15 is 0 Å². The van der Waals surface area contributed by atoms with Crippen molar-refractivity contribution in [2.45, 2.75) is 13.0 Å². The summed E-state index contributed by atoms with van der Waals surface area (Å²) in [4.78, 5) is 18.4. The van der Waals surface area contributed by atoms with Crippen molar-refractivity contribution in [2.75, 3.05) is 14.2 Å². The van der Waals surface area contributed by atoms with Gasteiger partial charge in [0, 0.05) is 19.2 Å². The molecular formula is C20H20N2O3. The summed E-state index contributed by atoms with van der Waals surface area (Å²) in [7, 11) is 3.40. The highest BCUT2D eigenvalue weighted by Gasteiger charge is 2.15. The molecule has 0 fully saturated rings. The topological polar surface area (TPSA) is 55.6 Å². The van der Waals surface area contributed by atoms with Gasteiger partial charge in [-0.25, -0.2) is 4.98 Å². The van der Waals surface area contributed by atoms with Gasteiger partial charge in [0.05, 0.1) is 13.2 Å². The Morgan fingerprint density at radius 1 is 1.20 bits per heavy atom. The quantitative estimate of drug-likeness (QED) is 0.659. The molecule has 0 aliphatic rings. The highest BCUT2D eigenvalue weighted by Crippen LogP contribution is 2.22. The molecule has 0 bridgehead atoms. The predicted octanol–water partition coefficient (Wildman–Crippen LogP) is 4.07. The lowest BCUT2D eigenvalue weighted by molar-refractivity contribution is -0.126. The Morgan fingerprint density at radius 3 is 2.60 bits per heavy atom. The van der Waals surface area contributed by atoms with Crippen LogP contribution in [0.25, 0.3) is 17.2 Å². The van der Waals surface area contributed by atoms with E-state index in [1.807, 2.05) is 55.5 Å². The second-order valence-corrected chi connectivity index (χ2v) is 5.75. The van der Waals surface area contributed by atoms with Crippen LogP contribution in [0.1, 0.15) is 24.4 Å². The van der Waals surface area contributed by atoms with Crippen LogP contribution in [0.15, 0.2) is 59.0 Å². The molecule has 3 aromatic rings. The maximum Gasteiger partial charge on any atom is 0.246 e. The third-order valence-corrected chi connectivity index (χ3v) is 4.21. The van der Waals surface area contributed by atoms with Crippen molar-refractivity contribution >= 4 is 23.1 Å². The first-order valence-electron chi connectivity index (χ1n) is 8.03. The monoisotopic (exact) mass is 336 g/mol. The predicted molar refractivity (Wildman–Crippen MR) is 97.2 cm³/mol. The zero-order valence-corrected chi connectivity index (χ0v) is 14.5. The van der Waals surface area contributed by atoms with E-state index in [-0.39, 0.29) is 11.9 Å². The van der Waals surface area contributed by atoms with E-state index < -0.39 is 0 Å². The van der Waals surface area contributed by atoms with Crippen LogP contribution in [-0.4, -0.2) is 29.9 Å². The fraction of sp³-hybridized carbons (Fsp3) is 0.200. The summed E-state index contributed by atoms with van der Waals surface area (Å²) in [6.45, 7) is 1.98. The Kier molecular flexibility index (Phi) is 4.84. The summed E-state index contributed by atoms with van der Waals surface area (Å²) < 4.78 is 10.7. The van der Waals surface area contributed by atoms with Gasteiger partial charge in [0.15, 0.2) is 5.58 Å². The SMILES string of the molecule is COc1ccc(C(C)N(C)C(=O)/C=C/c2nc3ccccc3o2)cc1. The molecule has 1 atom stereocenters. The minimum absolute atomic E-state index is 0.0633. The zero-order valence-electron chi connectivity index (χ0n) is 14.5. The van der Waals surface area contributed by atoms with Crippen LogP contribution in [0, 0.1) is 0 Å². The summed E-state index contributed by atoms with van der Waals surface area (Å²) in [5.74, 6) is 1.09. The average Bonchev–Trinajstić information content (AvgIpc) is 3.08. The van der Waals surface area contributed by atoms with Crippen LogP contribution in [-0.2, 0) is 4.79 Å². The molecule has 25 heavy (non-hydrogen) atoms. The Bertz CT molecular complexity index is 864. The lowest BCUT2D eigenvalue weighted by Gasteiger charge is -2.24. The Hall–Kier alpha value is -3.08. The number of fused-ring (bicyclic) bond motifs is 1. The summed E-state index contributed by atoms with van der Waals surface area (Å²) in [5.41, 5.74) is 2.51. The maximum absolute atomic E-state index is 12.4. The number of para-hydroxylation sites is 2. The largest absolute Gasteiger partial charge is 0.497 e. The molecule has 2 aromatic carbocycles. The standard InChI is InChI=1S/C20H20N2O3/c1-14(15-8-10-16(24-3)11-9-15)22(2)20(23)13-12-19-21-17-6-4-5-7-18(17)25-19/h4-14H,1-3H3/b13-12+. The number of oxazole rings is 1. The second kappa shape index (κ2) is 7.21. The van der Waals surface area contributed by atoms with Crippen molar-refractivity contribution in [3.63, 3.8) is 0 Å².